The molecule has 0 aliphatic rings. The number of carboxylic acid groups (broad SMARTS) is 1. The summed E-state index contributed by atoms with van der Waals surface area (Å²) in [5, 5.41) is 12.2. The summed E-state index contributed by atoms with van der Waals surface area (Å²) in [6.45, 7) is 6.86. The maximum atomic E-state index is 10.8. The summed E-state index contributed by atoms with van der Waals surface area (Å²) in [6.07, 6.45) is 3.94. The van der Waals surface area contributed by atoms with Crippen molar-refractivity contribution in [2.45, 2.75) is 52.5 Å². The minimum Gasteiger partial charge on any atom is -0.481 e. The van der Waals surface area contributed by atoms with Crippen molar-refractivity contribution in [1.29, 1.82) is 0 Å². The lowest BCUT2D eigenvalue weighted by atomic mass is 10.0. The van der Waals surface area contributed by atoms with E-state index in [1.54, 1.807) is 0 Å². The maximum absolute atomic E-state index is 10.8. The second-order valence-electron chi connectivity index (χ2n) is 3.92. The predicted molar refractivity (Wildman–Crippen MR) is 58.4 cm³/mol. The van der Waals surface area contributed by atoms with Crippen LogP contribution in [-0.2, 0) is 4.79 Å². The van der Waals surface area contributed by atoms with E-state index < -0.39 is 5.97 Å². The zero-order chi connectivity index (χ0) is 11.0. The first-order valence-corrected chi connectivity index (χ1v) is 5.57. The minimum absolute atomic E-state index is 0.223. The van der Waals surface area contributed by atoms with Gasteiger partial charge in [-0.25, -0.2) is 0 Å². The smallest absolute Gasteiger partial charge is 0.307 e. The van der Waals surface area contributed by atoms with E-state index in [0.29, 0.717) is 12.6 Å². The van der Waals surface area contributed by atoms with E-state index in [1.807, 2.05) is 6.92 Å². The number of nitrogens with one attached hydrogen (secondary N) is 1. The molecule has 14 heavy (non-hydrogen) atoms. The Morgan fingerprint density at radius 3 is 2.29 bits per heavy atom. The van der Waals surface area contributed by atoms with Gasteiger partial charge in [0.1, 0.15) is 0 Å². The molecule has 2 N–H and O–H groups in total. The summed E-state index contributed by atoms with van der Waals surface area (Å²) in [5.41, 5.74) is 0. The van der Waals surface area contributed by atoms with Gasteiger partial charge in [0.15, 0.2) is 0 Å². The quantitative estimate of drug-likeness (QED) is 0.633. The fraction of sp³-hybridized carbons (Fsp3) is 0.909. The molecule has 2 atom stereocenters. The predicted octanol–water partition coefficient (Wildman–Crippen LogP) is 2.27. The highest BCUT2D eigenvalue weighted by Crippen LogP contribution is 2.06. The van der Waals surface area contributed by atoms with Gasteiger partial charge < -0.3 is 10.4 Å². The van der Waals surface area contributed by atoms with E-state index in [9.17, 15) is 4.79 Å². The first-order valence-electron chi connectivity index (χ1n) is 5.57. The summed E-state index contributed by atoms with van der Waals surface area (Å²) in [5.74, 6) is -0.901. The van der Waals surface area contributed by atoms with Crippen LogP contribution in [-0.4, -0.2) is 23.7 Å². The van der Waals surface area contributed by atoms with Crippen LogP contribution in [0.5, 0.6) is 0 Å². The fourth-order valence-corrected chi connectivity index (χ4v) is 1.54. The van der Waals surface area contributed by atoms with Crippen molar-refractivity contribution in [2.75, 3.05) is 6.54 Å². The van der Waals surface area contributed by atoms with Crippen molar-refractivity contribution in [2.24, 2.45) is 5.92 Å². The molecule has 0 aliphatic carbocycles. The fourth-order valence-electron chi connectivity index (χ4n) is 1.54. The van der Waals surface area contributed by atoms with E-state index in [2.05, 4.69) is 19.2 Å². The summed E-state index contributed by atoms with van der Waals surface area (Å²) >= 11 is 0. The van der Waals surface area contributed by atoms with Crippen LogP contribution in [0.2, 0.25) is 0 Å². The molecule has 0 spiro atoms. The lowest BCUT2D eigenvalue weighted by molar-refractivity contribution is -0.141. The maximum Gasteiger partial charge on any atom is 0.307 e. The minimum atomic E-state index is -0.678. The molecular formula is C11H23NO2. The first-order chi connectivity index (χ1) is 6.61. The second kappa shape index (κ2) is 7.80. The molecule has 0 amide bonds. The number of carboxylic acids is 1. The zero-order valence-electron chi connectivity index (χ0n) is 9.55. The number of carbonyl (C=O) groups is 1. The van der Waals surface area contributed by atoms with Crippen molar-refractivity contribution in [1.82, 2.24) is 5.32 Å². The normalized spacial score (nSPS) is 15.1. The number of hydrogen-bond donors (Lipinski definition) is 2. The van der Waals surface area contributed by atoms with Gasteiger partial charge in [-0.1, -0.05) is 26.7 Å². The van der Waals surface area contributed by atoms with Crippen LogP contribution < -0.4 is 5.32 Å². The molecule has 3 heteroatoms. The van der Waals surface area contributed by atoms with Gasteiger partial charge in [-0.05, 0) is 19.8 Å². The van der Waals surface area contributed by atoms with E-state index >= 15 is 0 Å². The standard InChI is InChI=1S/C11H23NO2/c1-4-6-9(3)12-8-10(7-5-2)11(13)14/h9-10,12H,4-8H2,1-3H3,(H,13,14). The Morgan fingerprint density at radius 1 is 1.29 bits per heavy atom. The lowest BCUT2D eigenvalue weighted by Crippen LogP contribution is -2.34. The first kappa shape index (κ1) is 13.4. The highest BCUT2D eigenvalue weighted by atomic mass is 16.4. The molecule has 0 bridgehead atoms. The van der Waals surface area contributed by atoms with Crippen LogP contribution in [0.3, 0.4) is 0 Å². The summed E-state index contributed by atoms with van der Waals surface area (Å²) in [4.78, 5) is 10.8. The second-order valence-corrected chi connectivity index (χ2v) is 3.92. The topological polar surface area (TPSA) is 49.3 Å². The van der Waals surface area contributed by atoms with Gasteiger partial charge in [-0.15, -0.1) is 0 Å². The van der Waals surface area contributed by atoms with Crippen LogP contribution in [0.1, 0.15) is 46.5 Å². The molecule has 0 aromatic carbocycles. The summed E-state index contributed by atoms with van der Waals surface area (Å²) < 4.78 is 0. The Balaban J connectivity index is 3.75. The Labute approximate surface area is 86.9 Å². The molecule has 0 saturated carbocycles. The molecule has 84 valence electrons. The molecular weight excluding hydrogens is 178 g/mol. The molecule has 0 radical (unpaired) electrons. The largest absolute Gasteiger partial charge is 0.481 e. The van der Waals surface area contributed by atoms with Crippen molar-refractivity contribution >= 4 is 5.97 Å². The van der Waals surface area contributed by atoms with Gasteiger partial charge in [-0.3, -0.25) is 4.79 Å². The highest BCUT2D eigenvalue weighted by Gasteiger charge is 2.16. The molecule has 0 heterocycles. The molecule has 0 saturated heterocycles. The van der Waals surface area contributed by atoms with E-state index in [1.165, 1.54) is 0 Å². The third-order valence-corrected chi connectivity index (χ3v) is 2.42. The highest BCUT2D eigenvalue weighted by molar-refractivity contribution is 5.70. The molecule has 3 nitrogen and oxygen atoms in total. The van der Waals surface area contributed by atoms with E-state index in [-0.39, 0.29) is 5.92 Å². The van der Waals surface area contributed by atoms with Crippen molar-refractivity contribution in [3.05, 3.63) is 0 Å². The van der Waals surface area contributed by atoms with Crippen LogP contribution in [0.25, 0.3) is 0 Å². The van der Waals surface area contributed by atoms with E-state index in [4.69, 9.17) is 5.11 Å². The van der Waals surface area contributed by atoms with Crippen molar-refractivity contribution in [3.63, 3.8) is 0 Å². The van der Waals surface area contributed by atoms with Crippen LogP contribution in [0.15, 0.2) is 0 Å². The number of hydrogen-bond acceptors (Lipinski definition) is 2. The molecule has 0 aromatic rings. The molecule has 0 rings (SSSR count). The van der Waals surface area contributed by atoms with Gasteiger partial charge in [0.25, 0.3) is 0 Å². The van der Waals surface area contributed by atoms with E-state index in [0.717, 1.165) is 25.7 Å². The molecule has 0 aromatic heterocycles. The van der Waals surface area contributed by atoms with Gasteiger partial charge in [-0.2, -0.15) is 0 Å². The summed E-state index contributed by atoms with van der Waals surface area (Å²) in [6, 6.07) is 0.429. The Kier molecular flexibility index (Phi) is 7.48. The lowest BCUT2D eigenvalue weighted by Gasteiger charge is -2.16. The zero-order valence-corrected chi connectivity index (χ0v) is 9.55. The Bertz CT molecular complexity index is 159. The average Bonchev–Trinajstić information content (AvgIpc) is 2.12. The Hall–Kier alpha value is -0.570. The van der Waals surface area contributed by atoms with Crippen LogP contribution >= 0.6 is 0 Å². The third kappa shape index (κ3) is 5.97. The number of aliphatic carboxylic acids is 1. The van der Waals surface area contributed by atoms with Gasteiger partial charge in [0, 0.05) is 12.6 Å². The monoisotopic (exact) mass is 201 g/mol. The van der Waals surface area contributed by atoms with Gasteiger partial charge in [0.05, 0.1) is 5.92 Å². The summed E-state index contributed by atoms with van der Waals surface area (Å²) in [7, 11) is 0. The van der Waals surface area contributed by atoms with Gasteiger partial charge in [0.2, 0.25) is 0 Å². The molecule has 2 unspecified atom stereocenters. The van der Waals surface area contributed by atoms with Gasteiger partial charge >= 0.3 is 5.97 Å². The van der Waals surface area contributed by atoms with Crippen molar-refractivity contribution < 1.29 is 9.90 Å². The molecule has 0 aliphatic heterocycles. The average molecular weight is 201 g/mol. The van der Waals surface area contributed by atoms with Crippen molar-refractivity contribution in [3.8, 4) is 0 Å². The van der Waals surface area contributed by atoms with Crippen LogP contribution in [0.4, 0.5) is 0 Å². The Morgan fingerprint density at radius 2 is 1.86 bits per heavy atom. The SMILES string of the molecule is CCCC(C)NCC(CCC)C(=O)O. The molecule has 0 fully saturated rings. The number of rotatable bonds is 8. The third-order valence-electron chi connectivity index (χ3n) is 2.42. The van der Waals surface area contributed by atoms with Crippen LogP contribution in [0, 0.1) is 5.92 Å².